The molecule has 0 saturated heterocycles. The predicted octanol–water partition coefficient (Wildman–Crippen LogP) is 2.42. The number of carbonyl (C=O) groups excluding carboxylic acids is 1. The third-order valence-electron chi connectivity index (χ3n) is 4.06. The van der Waals surface area contributed by atoms with Gasteiger partial charge in [-0.05, 0) is 43.5 Å². The SMILES string of the molecule is CN(C(=O)c1cccc(F)c1)C1CCCCC1CN. The van der Waals surface area contributed by atoms with Crippen LogP contribution < -0.4 is 5.73 Å². The van der Waals surface area contributed by atoms with Crippen molar-refractivity contribution in [3.05, 3.63) is 35.6 Å². The maximum Gasteiger partial charge on any atom is 0.253 e. The molecule has 19 heavy (non-hydrogen) atoms. The number of benzene rings is 1. The van der Waals surface area contributed by atoms with Crippen molar-refractivity contribution >= 4 is 5.91 Å². The van der Waals surface area contributed by atoms with Crippen LogP contribution in [0.15, 0.2) is 24.3 Å². The predicted molar refractivity (Wildman–Crippen MR) is 73.3 cm³/mol. The minimum atomic E-state index is -0.377. The lowest BCUT2D eigenvalue weighted by molar-refractivity contribution is 0.0620. The molecular weight excluding hydrogens is 243 g/mol. The second kappa shape index (κ2) is 6.15. The molecule has 2 N–H and O–H groups in total. The highest BCUT2D eigenvalue weighted by Gasteiger charge is 2.30. The zero-order valence-electron chi connectivity index (χ0n) is 11.3. The number of rotatable bonds is 3. The number of hydrogen-bond acceptors (Lipinski definition) is 2. The fourth-order valence-electron chi connectivity index (χ4n) is 2.95. The Morgan fingerprint density at radius 1 is 1.42 bits per heavy atom. The maximum absolute atomic E-state index is 13.2. The van der Waals surface area contributed by atoms with Gasteiger partial charge in [-0.15, -0.1) is 0 Å². The quantitative estimate of drug-likeness (QED) is 0.911. The van der Waals surface area contributed by atoms with Crippen LogP contribution in [0.5, 0.6) is 0 Å². The second-order valence-corrected chi connectivity index (χ2v) is 5.27. The monoisotopic (exact) mass is 264 g/mol. The third-order valence-corrected chi connectivity index (χ3v) is 4.06. The van der Waals surface area contributed by atoms with Gasteiger partial charge in [0.2, 0.25) is 0 Å². The molecule has 0 aromatic heterocycles. The molecule has 0 heterocycles. The summed E-state index contributed by atoms with van der Waals surface area (Å²) in [4.78, 5) is 14.1. The zero-order chi connectivity index (χ0) is 13.8. The molecule has 2 unspecified atom stereocenters. The van der Waals surface area contributed by atoms with Crippen molar-refractivity contribution in [1.29, 1.82) is 0 Å². The Balaban J connectivity index is 2.13. The summed E-state index contributed by atoms with van der Waals surface area (Å²) in [6, 6.07) is 6.04. The van der Waals surface area contributed by atoms with Crippen LogP contribution >= 0.6 is 0 Å². The molecule has 2 rings (SSSR count). The van der Waals surface area contributed by atoms with Crippen molar-refractivity contribution < 1.29 is 9.18 Å². The lowest BCUT2D eigenvalue weighted by atomic mass is 9.83. The molecule has 1 aliphatic carbocycles. The van der Waals surface area contributed by atoms with Crippen LogP contribution in [0.4, 0.5) is 4.39 Å². The molecule has 0 spiro atoms. The molecule has 3 nitrogen and oxygen atoms in total. The highest BCUT2D eigenvalue weighted by Crippen LogP contribution is 2.28. The lowest BCUT2D eigenvalue weighted by Crippen LogP contribution is -2.45. The van der Waals surface area contributed by atoms with Crippen LogP contribution in [0.25, 0.3) is 0 Å². The first-order chi connectivity index (χ1) is 9.13. The van der Waals surface area contributed by atoms with Gasteiger partial charge in [-0.25, -0.2) is 4.39 Å². The molecule has 0 aliphatic heterocycles. The molecular formula is C15H21FN2O. The molecule has 1 aliphatic rings. The van der Waals surface area contributed by atoms with Gasteiger partial charge in [-0.2, -0.15) is 0 Å². The van der Waals surface area contributed by atoms with Gasteiger partial charge in [0.15, 0.2) is 0 Å². The molecule has 0 bridgehead atoms. The molecule has 1 aromatic rings. The number of carbonyl (C=O) groups is 1. The maximum atomic E-state index is 13.2. The zero-order valence-corrected chi connectivity index (χ0v) is 11.3. The van der Waals surface area contributed by atoms with Gasteiger partial charge in [0.1, 0.15) is 5.82 Å². The summed E-state index contributed by atoms with van der Waals surface area (Å²) >= 11 is 0. The highest BCUT2D eigenvalue weighted by molar-refractivity contribution is 5.94. The summed E-state index contributed by atoms with van der Waals surface area (Å²) in [6.07, 6.45) is 4.36. The van der Waals surface area contributed by atoms with Crippen molar-refractivity contribution in [3.8, 4) is 0 Å². The summed E-state index contributed by atoms with van der Waals surface area (Å²) in [5.41, 5.74) is 6.20. The Hall–Kier alpha value is -1.42. The largest absolute Gasteiger partial charge is 0.338 e. The smallest absolute Gasteiger partial charge is 0.253 e. The van der Waals surface area contributed by atoms with Gasteiger partial charge in [-0.3, -0.25) is 4.79 Å². The van der Waals surface area contributed by atoms with E-state index in [1.165, 1.54) is 18.6 Å². The molecule has 1 amide bonds. The molecule has 4 heteroatoms. The average molecular weight is 264 g/mol. The van der Waals surface area contributed by atoms with Crippen molar-refractivity contribution in [1.82, 2.24) is 4.90 Å². The standard InChI is InChI=1S/C15H21FN2O/c1-18(14-8-3-2-5-12(14)10-17)15(19)11-6-4-7-13(16)9-11/h4,6-7,9,12,14H,2-3,5,8,10,17H2,1H3. The minimum Gasteiger partial charge on any atom is -0.338 e. The number of halogens is 1. The van der Waals surface area contributed by atoms with E-state index in [2.05, 4.69) is 0 Å². The molecule has 104 valence electrons. The van der Waals surface area contributed by atoms with Crippen LogP contribution in [-0.2, 0) is 0 Å². The summed E-state index contributed by atoms with van der Waals surface area (Å²) in [5.74, 6) is -0.139. The fraction of sp³-hybridized carbons (Fsp3) is 0.533. The van der Waals surface area contributed by atoms with E-state index in [1.807, 2.05) is 0 Å². The average Bonchev–Trinajstić information content (AvgIpc) is 2.45. The van der Waals surface area contributed by atoms with Gasteiger partial charge in [0, 0.05) is 18.7 Å². The van der Waals surface area contributed by atoms with E-state index in [-0.39, 0.29) is 17.8 Å². The normalized spacial score (nSPS) is 23.1. The van der Waals surface area contributed by atoms with Gasteiger partial charge in [-0.1, -0.05) is 18.9 Å². The van der Waals surface area contributed by atoms with Crippen molar-refractivity contribution in [2.75, 3.05) is 13.6 Å². The highest BCUT2D eigenvalue weighted by atomic mass is 19.1. The van der Waals surface area contributed by atoms with Crippen LogP contribution in [0.3, 0.4) is 0 Å². The van der Waals surface area contributed by atoms with Crippen LogP contribution in [0, 0.1) is 11.7 Å². The van der Waals surface area contributed by atoms with E-state index in [9.17, 15) is 9.18 Å². The van der Waals surface area contributed by atoms with Crippen LogP contribution in [-0.4, -0.2) is 30.4 Å². The molecule has 0 radical (unpaired) electrons. The summed E-state index contributed by atoms with van der Waals surface area (Å²) in [6.45, 7) is 0.603. The number of nitrogens with zero attached hydrogens (tertiary/aromatic N) is 1. The Kier molecular flexibility index (Phi) is 4.53. The Morgan fingerprint density at radius 2 is 2.16 bits per heavy atom. The summed E-state index contributed by atoms with van der Waals surface area (Å²) in [5, 5.41) is 0. The van der Waals surface area contributed by atoms with Gasteiger partial charge < -0.3 is 10.6 Å². The van der Waals surface area contributed by atoms with E-state index in [0.29, 0.717) is 18.0 Å². The van der Waals surface area contributed by atoms with E-state index in [0.717, 1.165) is 19.3 Å². The van der Waals surface area contributed by atoms with Gasteiger partial charge in [0.25, 0.3) is 5.91 Å². The van der Waals surface area contributed by atoms with E-state index < -0.39 is 0 Å². The summed E-state index contributed by atoms with van der Waals surface area (Å²) < 4.78 is 13.2. The topological polar surface area (TPSA) is 46.3 Å². The molecule has 2 atom stereocenters. The Morgan fingerprint density at radius 3 is 2.84 bits per heavy atom. The number of amides is 1. The lowest BCUT2D eigenvalue weighted by Gasteiger charge is -2.37. The van der Waals surface area contributed by atoms with E-state index in [4.69, 9.17) is 5.73 Å². The first kappa shape index (κ1) is 14.0. The van der Waals surface area contributed by atoms with Gasteiger partial charge >= 0.3 is 0 Å². The number of nitrogens with two attached hydrogens (primary N) is 1. The molecule has 1 fully saturated rings. The number of hydrogen-bond donors (Lipinski definition) is 1. The minimum absolute atomic E-state index is 0.121. The molecule has 1 aromatic carbocycles. The van der Waals surface area contributed by atoms with Gasteiger partial charge in [0.05, 0.1) is 0 Å². The summed E-state index contributed by atoms with van der Waals surface area (Å²) in [7, 11) is 1.80. The van der Waals surface area contributed by atoms with Crippen molar-refractivity contribution in [2.45, 2.75) is 31.7 Å². The second-order valence-electron chi connectivity index (χ2n) is 5.27. The first-order valence-electron chi connectivity index (χ1n) is 6.86. The Bertz CT molecular complexity index is 450. The van der Waals surface area contributed by atoms with Crippen LogP contribution in [0.1, 0.15) is 36.0 Å². The first-order valence-corrected chi connectivity index (χ1v) is 6.86. The van der Waals surface area contributed by atoms with Crippen molar-refractivity contribution in [3.63, 3.8) is 0 Å². The van der Waals surface area contributed by atoms with E-state index in [1.54, 1.807) is 24.1 Å². The van der Waals surface area contributed by atoms with E-state index >= 15 is 0 Å². The van der Waals surface area contributed by atoms with Crippen molar-refractivity contribution in [2.24, 2.45) is 11.7 Å². The Labute approximate surface area is 113 Å². The molecule has 1 saturated carbocycles. The third kappa shape index (κ3) is 3.13. The van der Waals surface area contributed by atoms with Crippen LogP contribution in [0.2, 0.25) is 0 Å². The fourth-order valence-corrected chi connectivity index (χ4v) is 2.95.